The maximum absolute atomic E-state index is 10.8. The summed E-state index contributed by atoms with van der Waals surface area (Å²) in [6.45, 7) is 3.99. The van der Waals surface area contributed by atoms with E-state index in [1.807, 2.05) is 0 Å². The number of H-pyrrole nitrogens is 1. The summed E-state index contributed by atoms with van der Waals surface area (Å²) in [6.07, 6.45) is 5.21. The standard InChI is InChI=1S/C9H13N3O2/c1-2-3-11-8(9(13)14)4-7-5-10-6-12-7/h2,5-6,8,11H,1,3-4H2,(H,10,12)(H,13,14). The van der Waals surface area contributed by atoms with Gasteiger partial charge in [0.2, 0.25) is 0 Å². The van der Waals surface area contributed by atoms with Gasteiger partial charge in [0.1, 0.15) is 6.04 Å². The number of rotatable bonds is 6. The average molecular weight is 195 g/mol. The summed E-state index contributed by atoms with van der Waals surface area (Å²) in [5, 5.41) is 11.7. The number of nitrogens with zero attached hydrogens (tertiary/aromatic N) is 1. The van der Waals surface area contributed by atoms with Crippen LogP contribution in [0.4, 0.5) is 0 Å². The third kappa shape index (κ3) is 3.02. The predicted molar refractivity (Wildman–Crippen MR) is 51.9 cm³/mol. The van der Waals surface area contributed by atoms with Gasteiger partial charge in [-0.05, 0) is 0 Å². The largest absolute Gasteiger partial charge is 0.480 e. The molecule has 14 heavy (non-hydrogen) atoms. The van der Waals surface area contributed by atoms with Crippen molar-refractivity contribution in [3.63, 3.8) is 0 Å². The summed E-state index contributed by atoms with van der Waals surface area (Å²) in [7, 11) is 0. The van der Waals surface area contributed by atoms with Crippen LogP contribution in [-0.2, 0) is 11.2 Å². The fourth-order valence-electron chi connectivity index (χ4n) is 1.08. The summed E-state index contributed by atoms with van der Waals surface area (Å²) in [6, 6.07) is -0.615. The molecular weight excluding hydrogens is 182 g/mol. The molecule has 1 rings (SSSR count). The van der Waals surface area contributed by atoms with Crippen molar-refractivity contribution in [2.24, 2.45) is 0 Å². The van der Waals surface area contributed by atoms with Gasteiger partial charge >= 0.3 is 5.97 Å². The highest BCUT2D eigenvalue weighted by atomic mass is 16.4. The lowest BCUT2D eigenvalue weighted by Gasteiger charge is -2.10. The van der Waals surface area contributed by atoms with E-state index in [9.17, 15) is 4.79 Å². The highest BCUT2D eigenvalue weighted by Gasteiger charge is 2.17. The molecule has 76 valence electrons. The number of aliphatic carboxylic acids is 1. The van der Waals surface area contributed by atoms with Crippen molar-refractivity contribution in [2.75, 3.05) is 6.54 Å². The van der Waals surface area contributed by atoms with Gasteiger partial charge < -0.3 is 15.4 Å². The molecule has 3 N–H and O–H groups in total. The molecule has 0 bridgehead atoms. The number of aromatic amines is 1. The molecule has 0 aromatic carbocycles. The Labute approximate surface area is 81.9 Å². The van der Waals surface area contributed by atoms with Crippen LogP contribution in [0.1, 0.15) is 5.69 Å². The SMILES string of the molecule is C=CCNC(Cc1c[nH]cn1)C(=O)O. The lowest BCUT2D eigenvalue weighted by Crippen LogP contribution is -2.38. The Hall–Kier alpha value is -1.62. The van der Waals surface area contributed by atoms with Crippen LogP contribution in [0.15, 0.2) is 25.2 Å². The Kier molecular flexibility index (Phi) is 3.87. The molecule has 0 saturated carbocycles. The molecule has 0 fully saturated rings. The Bertz CT molecular complexity index is 295. The maximum Gasteiger partial charge on any atom is 0.321 e. The van der Waals surface area contributed by atoms with E-state index in [4.69, 9.17) is 5.11 Å². The van der Waals surface area contributed by atoms with E-state index in [0.717, 1.165) is 5.69 Å². The number of aromatic nitrogens is 2. The van der Waals surface area contributed by atoms with Crippen molar-refractivity contribution in [1.29, 1.82) is 0 Å². The van der Waals surface area contributed by atoms with E-state index in [-0.39, 0.29) is 0 Å². The first kappa shape index (κ1) is 10.5. The van der Waals surface area contributed by atoms with Gasteiger partial charge in [-0.1, -0.05) is 6.08 Å². The molecule has 0 amide bonds. The van der Waals surface area contributed by atoms with Gasteiger partial charge in [0.25, 0.3) is 0 Å². The molecule has 1 aromatic rings. The molecule has 5 nitrogen and oxygen atoms in total. The molecule has 0 aliphatic heterocycles. The average Bonchev–Trinajstić information content (AvgIpc) is 2.64. The maximum atomic E-state index is 10.8. The summed E-state index contributed by atoms with van der Waals surface area (Å²) in [5.74, 6) is -0.880. The van der Waals surface area contributed by atoms with Gasteiger partial charge in [0, 0.05) is 19.2 Å². The zero-order valence-electron chi connectivity index (χ0n) is 7.73. The number of imidazole rings is 1. The van der Waals surface area contributed by atoms with Gasteiger partial charge in [-0.25, -0.2) is 4.98 Å². The second-order valence-corrected chi connectivity index (χ2v) is 2.85. The van der Waals surface area contributed by atoms with Gasteiger partial charge in [-0.15, -0.1) is 6.58 Å². The molecule has 0 radical (unpaired) electrons. The van der Waals surface area contributed by atoms with Gasteiger partial charge in [-0.2, -0.15) is 0 Å². The minimum Gasteiger partial charge on any atom is -0.480 e. The smallest absolute Gasteiger partial charge is 0.321 e. The third-order valence-electron chi connectivity index (χ3n) is 1.77. The topological polar surface area (TPSA) is 78.0 Å². The number of carboxylic acids is 1. The van der Waals surface area contributed by atoms with E-state index in [2.05, 4.69) is 21.9 Å². The highest BCUT2D eigenvalue weighted by Crippen LogP contribution is 1.98. The fourth-order valence-corrected chi connectivity index (χ4v) is 1.08. The first-order valence-electron chi connectivity index (χ1n) is 4.28. The van der Waals surface area contributed by atoms with Crippen LogP contribution in [0, 0.1) is 0 Å². The summed E-state index contributed by atoms with van der Waals surface area (Å²) < 4.78 is 0. The molecule has 0 saturated heterocycles. The van der Waals surface area contributed by atoms with E-state index in [1.165, 1.54) is 6.33 Å². The lowest BCUT2D eigenvalue weighted by molar-refractivity contribution is -0.139. The Balaban J connectivity index is 2.51. The minimum absolute atomic E-state index is 0.368. The number of carbonyl (C=O) groups is 1. The first-order valence-corrected chi connectivity index (χ1v) is 4.28. The zero-order chi connectivity index (χ0) is 10.4. The molecule has 1 heterocycles. The van der Waals surface area contributed by atoms with Crippen LogP contribution >= 0.6 is 0 Å². The first-order chi connectivity index (χ1) is 6.74. The quantitative estimate of drug-likeness (QED) is 0.566. The zero-order valence-corrected chi connectivity index (χ0v) is 7.73. The van der Waals surface area contributed by atoms with Crippen LogP contribution in [0.2, 0.25) is 0 Å². The van der Waals surface area contributed by atoms with E-state index < -0.39 is 12.0 Å². The van der Waals surface area contributed by atoms with E-state index in [1.54, 1.807) is 12.3 Å². The molecule has 5 heteroatoms. The molecule has 0 spiro atoms. The molecule has 0 aliphatic carbocycles. The Morgan fingerprint density at radius 3 is 3.14 bits per heavy atom. The monoisotopic (exact) mass is 195 g/mol. The number of carboxylic acid groups (broad SMARTS) is 1. The van der Waals surface area contributed by atoms with Crippen LogP contribution < -0.4 is 5.32 Å². The van der Waals surface area contributed by atoms with Crippen molar-refractivity contribution < 1.29 is 9.90 Å². The number of hydrogen-bond acceptors (Lipinski definition) is 3. The molecular formula is C9H13N3O2. The van der Waals surface area contributed by atoms with Crippen molar-refractivity contribution in [3.8, 4) is 0 Å². The number of hydrogen-bond donors (Lipinski definition) is 3. The summed E-state index contributed by atoms with van der Waals surface area (Å²) in [5.41, 5.74) is 0.731. The third-order valence-corrected chi connectivity index (χ3v) is 1.77. The van der Waals surface area contributed by atoms with E-state index >= 15 is 0 Å². The van der Waals surface area contributed by atoms with E-state index in [0.29, 0.717) is 13.0 Å². The highest BCUT2D eigenvalue weighted by molar-refractivity contribution is 5.73. The van der Waals surface area contributed by atoms with Gasteiger partial charge in [0.05, 0.1) is 12.0 Å². The summed E-state index contributed by atoms with van der Waals surface area (Å²) in [4.78, 5) is 17.5. The molecule has 0 aliphatic rings. The van der Waals surface area contributed by atoms with Crippen molar-refractivity contribution in [1.82, 2.24) is 15.3 Å². The minimum atomic E-state index is -0.880. The van der Waals surface area contributed by atoms with Crippen molar-refractivity contribution in [3.05, 3.63) is 30.9 Å². The second kappa shape index (κ2) is 5.18. The van der Waals surface area contributed by atoms with Crippen LogP contribution in [0.25, 0.3) is 0 Å². The molecule has 1 aromatic heterocycles. The molecule has 1 unspecified atom stereocenters. The van der Waals surface area contributed by atoms with Gasteiger partial charge in [0.15, 0.2) is 0 Å². The van der Waals surface area contributed by atoms with Gasteiger partial charge in [-0.3, -0.25) is 4.79 Å². The molecule has 1 atom stereocenters. The second-order valence-electron chi connectivity index (χ2n) is 2.85. The normalized spacial score (nSPS) is 12.3. The van der Waals surface area contributed by atoms with Crippen LogP contribution in [-0.4, -0.2) is 33.6 Å². The van der Waals surface area contributed by atoms with Crippen LogP contribution in [0.5, 0.6) is 0 Å². The van der Waals surface area contributed by atoms with Crippen molar-refractivity contribution >= 4 is 5.97 Å². The summed E-state index contributed by atoms with van der Waals surface area (Å²) >= 11 is 0. The predicted octanol–water partition coefficient (Wildman–Crippen LogP) is 0.181. The van der Waals surface area contributed by atoms with Crippen LogP contribution in [0.3, 0.4) is 0 Å². The van der Waals surface area contributed by atoms with Crippen molar-refractivity contribution in [2.45, 2.75) is 12.5 Å². The number of nitrogens with one attached hydrogen (secondary N) is 2. The Morgan fingerprint density at radius 2 is 2.64 bits per heavy atom. The lowest BCUT2D eigenvalue weighted by atomic mass is 10.1. The fraction of sp³-hybridized carbons (Fsp3) is 0.333. The Morgan fingerprint density at radius 1 is 1.86 bits per heavy atom.